The first-order chi connectivity index (χ1) is 25.7. The largest absolute Gasteiger partial charge is 0.323 e. The van der Waals surface area contributed by atoms with Crippen molar-refractivity contribution in [2.24, 2.45) is 0 Å². The van der Waals surface area contributed by atoms with Crippen molar-refractivity contribution in [2.45, 2.75) is 66.5 Å². The van der Waals surface area contributed by atoms with Crippen molar-refractivity contribution < 1.29 is 17.6 Å². The van der Waals surface area contributed by atoms with Gasteiger partial charge in [-0.05, 0) is 84.6 Å². The highest BCUT2D eigenvalue weighted by molar-refractivity contribution is 5.84. The molecule has 0 saturated heterocycles. The average Bonchev–Trinajstić information content (AvgIpc) is 3.66. The molecular formula is C42H38F4N6O2. The molecule has 4 heterocycles. The van der Waals surface area contributed by atoms with Gasteiger partial charge in [-0.15, -0.1) is 0 Å². The molecule has 0 aliphatic heterocycles. The molecule has 2 N–H and O–H groups in total. The quantitative estimate of drug-likeness (QED) is 0.166. The fourth-order valence-electron chi connectivity index (χ4n) is 7.00. The van der Waals surface area contributed by atoms with Gasteiger partial charge < -0.3 is 19.1 Å². The number of hydrogen-bond acceptors (Lipinski definition) is 4. The normalized spacial score (nSPS) is 11.8. The number of aromatic nitrogens is 6. The van der Waals surface area contributed by atoms with Crippen molar-refractivity contribution in [3.05, 3.63) is 151 Å². The molecule has 8 nitrogen and oxygen atoms in total. The highest BCUT2D eigenvalue weighted by Crippen LogP contribution is 2.29. The Bertz CT molecular complexity index is 2860. The van der Waals surface area contributed by atoms with E-state index >= 15 is 0 Å². The summed E-state index contributed by atoms with van der Waals surface area (Å²) in [5.74, 6) is -1.95. The molecule has 0 amide bonds. The van der Waals surface area contributed by atoms with Crippen LogP contribution < -0.4 is 11.1 Å². The fraction of sp³-hybridized carbons (Fsp3) is 0.238. The van der Waals surface area contributed by atoms with Gasteiger partial charge in [0.25, 0.3) is 0 Å². The second-order valence-corrected chi connectivity index (χ2v) is 14.3. The molecule has 276 valence electrons. The molecule has 0 atom stereocenters. The Morgan fingerprint density at radius 2 is 1.04 bits per heavy atom. The van der Waals surface area contributed by atoms with Crippen LogP contribution in [0.3, 0.4) is 0 Å². The van der Waals surface area contributed by atoms with Gasteiger partial charge in [-0.1, -0.05) is 39.8 Å². The van der Waals surface area contributed by atoms with E-state index in [0.717, 1.165) is 57.0 Å². The van der Waals surface area contributed by atoms with Gasteiger partial charge in [-0.25, -0.2) is 27.5 Å². The monoisotopic (exact) mass is 734 g/mol. The van der Waals surface area contributed by atoms with Crippen LogP contribution in [0.15, 0.2) is 82.4 Å². The molecule has 12 heteroatoms. The van der Waals surface area contributed by atoms with Crippen LogP contribution in [0.1, 0.15) is 73.4 Å². The molecule has 4 aromatic heterocycles. The number of H-pyrrole nitrogens is 2. The Morgan fingerprint density at radius 3 is 1.56 bits per heavy atom. The van der Waals surface area contributed by atoms with Gasteiger partial charge in [0.15, 0.2) is 23.3 Å². The summed E-state index contributed by atoms with van der Waals surface area (Å²) < 4.78 is 59.6. The summed E-state index contributed by atoms with van der Waals surface area (Å²) in [5, 5.41) is 0.967. The predicted octanol–water partition coefficient (Wildman–Crippen LogP) is 9.27. The predicted molar refractivity (Wildman–Crippen MR) is 204 cm³/mol. The number of aryl methyl sites for hydroxylation is 2. The molecule has 0 fully saturated rings. The van der Waals surface area contributed by atoms with Crippen LogP contribution >= 0.6 is 0 Å². The topological polar surface area (TPSA) is 101 Å². The van der Waals surface area contributed by atoms with Crippen molar-refractivity contribution in [1.82, 2.24) is 29.1 Å². The smallest absolute Gasteiger partial charge is 0.248 e. The number of aromatic amines is 2. The van der Waals surface area contributed by atoms with Gasteiger partial charge in [0.1, 0.15) is 11.6 Å². The summed E-state index contributed by atoms with van der Waals surface area (Å²) in [6.07, 6.45) is 0. The zero-order valence-corrected chi connectivity index (χ0v) is 30.6. The Labute approximate surface area is 307 Å². The van der Waals surface area contributed by atoms with Gasteiger partial charge in [0.2, 0.25) is 11.1 Å². The second kappa shape index (κ2) is 14.1. The molecule has 0 aliphatic rings. The molecule has 4 aromatic carbocycles. The zero-order valence-electron chi connectivity index (χ0n) is 30.6. The van der Waals surface area contributed by atoms with E-state index in [1.807, 2.05) is 59.4 Å². The molecule has 8 aromatic rings. The van der Waals surface area contributed by atoms with Crippen LogP contribution in [0.2, 0.25) is 0 Å². The van der Waals surface area contributed by atoms with Crippen LogP contribution in [-0.4, -0.2) is 29.1 Å². The van der Waals surface area contributed by atoms with Crippen molar-refractivity contribution in [1.29, 1.82) is 0 Å². The molecule has 54 heavy (non-hydrogen) atoms. The third kappa shape index (κ3) is 6.68. The first-order valence-corrected chi connectivity index (χ1v) is 17.6. The third-order valence-electron chi connectivity index (χ3n) is 9.54. The van der Waals surface area contributed by atoms with Crippen LogP contribution in [0, 0.1) is 37.1 Å². The van der Waals surface area contributed by atoms with E-state index in [9.17, 15) is 27.2 Å². The molecule has 8 rings (SSSR count). The van der Waals surface area contributed by atoms with Gasteiger partial charge in [-0.3, -0.25) is 9.59 Å². The van der Waals surface area contributed by atoms with Crippen LogP contribution in [0.4, 0.5) is 17.6 Å². The average molecular weight is 735 g/mol. The van der Waals surface area contributed by atoms with Crippen LogP contribution in [-0.2, 0) is 13.1 Å². The minimum absolute atomic E-state index is 0.107. The third-order valence-corrected chi connectivity index (χ3v) is 9.54. The Balaban J connectivity index is 0.000000167. The van der Waals surface area contributed by atoms with Gasteiger partial charge in [-0.2, -0.15) is 0 Å². The summed E-state index contributed by atoms with van der Waals surface area (Å²) in [4.78, 5) is 38.4. The molecule has 0 spiro atoms. The summed E-state index contributed by atoms with van der Waals surface area (Å²) in [7, 11) is 0. The number of nitrogens with one attached hydrogen (secondary N) is 2. The molecule has 0 saturated carbocycles. The minimum atomic E-state index is -1.04. The summed E-state index contributed by atoms with van der Waals surface area (Å²) in [6, 6.07) is 20.1. The highest BCUT2D eigenvalue weighted by Gasteiger charge is 2.19. The standard InChI is InChI=1S/2C21H19F2N3O/c1-11(2)21-24-16-8-12(3)4-7-17(16)26(21)10-13-9-18(27)25-20-14(13)5-6-15(22)19(20)23;1-11(2)21-24-16-7-4-12(3)8-17(16)26(21)10-13-9-18(27)25-20-14(13)5-6-15(22)19(20)23/h2*4-9,11H,10H2,1-3H3,(H,25,27). The Hall–Kier alpha value is -6.04. The lowest BCUT2D eigenvalue weighted by atomic mass is 10.1. The molecule has 0 unspecified atom stereocenters. The molecule has 0 radical (unpaired) electrons. The maximum Gasteiger partial charge on any atom is 0.248 e. The minimum Gasteiger partial charge on any atom is -0.323 e. The van der Waals surface area contributed by atoms with E-state index in [2.05, 4.69) is 37.7 Å². The lowest BCUT2D eigenvalue weighted by Gasteiger charge is -2.14. The van der Waals surface area contributed by atoms with E-state index in [0.29, 0.717) is 35.0 Å². The second-order valence-electron chi connectivity index (χ2n) is 14.3. The van der Waals surface area contributed by atoms with Crippen molar-refractivity contribution in [3.8, 4) is 0 Å². The number of nitrogens with zero attached hydrogens (tertiary/aromatic N) is 4. The fourth-order valence-corrected chi connectivity index (χ4v) is 7.00. The Kier molecular flexibility index (Phi) is 9.47. The maximum atomic E-state index is 14.2. The lowest BCUT2D eigenvalue weighted by molar-refractivity contribution is 0.515. The van der Waals surface area contributed by atoms with Crippen molar-refractivity contribution in [3.63, 3.8) is 0 Å². The van der Waals surface area contributed by atoms with Crippen LogP contribution in [0.25, 0.3) is 43.9 Å². The van der Waals surface area contributed by atoms with Gasteiger partial charge in [0.05, 0.1) is 46.2 Å². The van der Waals surface area contributed by atoms with Crippen molar-refractivity contribution in [2.75, 3.05) is 0 Å². The molecule has 0 aliphatic carbocycles. The van der Waals surface area contributed by atoms with E-state index in [4.69, 9.17) is 9.97 Å². The van der Waals surface area contributed by atoms with E-state index in [1.54, 1.807) is 0 Å². The first-order valence-electron chi connectivity index (χ1n) is 17.6. The van der Waals surface area contributed by atoms with E-state index < -0.39 is 34.4 Å². The van der Waals surface area contributed by atoms with E-state index in [-0.39, 0.29) is 22.9 Å². The SMILES string of the molecule is Cc1ccc2c(c1)nc(C(C)C)n2Cc1cc(=O)[nH]c2c(F)c(F)ccc12.Cc1ccc2nc(C(C)C)n(Cc3cc(=O)[nH]c4c(F)c(F)ccc34)c2c1. The summed E-state index contributed by atoms with van der Waals surface area (Å²) in [6.45, 7) is 12.9. The Morgan fingerprint density at radius 1 is 0.574 bits per heavy atom. The maximum absolute atomic E-state index is 14.2. The van der Waals surface area contributed by atoms with Gasteiger partial charge >= 0.3 is 0 Å². The van der Waals surface area contributed by atoms with Crippen LogP contribution in [0.5, 0.6) is 0 Å². The zero-order chi connectivity index (χ0) is 38.6. The van der Waals surface area contributed by atoms with Crippen molar-refractivity contribution >= 4 is 43.9 Å². The number of benzene rings is 4. The number of hydrogen-bond donors (Lipinski definition) is 2. The number of imidazole rings is 2. The first kappa shape index (κ1) is 36.3. The highest BCUT2D eigenvalue weighted by atomic mass is 19.2. The lowest BCUT2D eigenvalue weighted by Crippen LogP contribution is -2.13. The number of pyridine rings is 2. The van der Waals surface area contributed by atoms with E-state index in [1.165, 1.54) is 24.3 Å². The number of rotatable bonds is 6. The summed E-state index contributed by atoms with van der Waals surface area (Å²) >= 11 is 0. The van der Waals surface area contributed by atoms with Gasteiger partial charge in [0, 0.05) is 34.7 Å². The molecular weight excluding hydrogens is 696 g/mol. The molecule has 0 bridgehead atoms. The summed E-state index contributed by atoms with van der Waals surface area (Å²) in [5.41, 5.74) is 5.96. The number of halogens is 4. The number of fused-ring (bicyclic) bond motifs is 4.